The molecule has 3 rings (SSSR count). The topological polar surface area (TPSA) is 75.7 Å². The Bertz CT molecular complexity index is 866. The van der Waals surface area contributed by atoms with E-state index >= 15 is 0 Å². The molecule has 7 heteroatoms. The Kier molecular flexibility index (Phi) is 4.94. The van der Waals surface area contributed by atoms with Crippen molar-refractivity contribution in [1.82, 2.24) is 0 Å². The third-order valence-electron chi connectivity index (χ3n) is 4.00. The normalized spacial score (nSPS) is 13.4. The third kappa shape index (κ3) is 4.30. The summed E-state index contributed by atoms with van der Waals surface area (Å²) >= 11 is 0. The molecule has 2 aromatic rings. The molecule has 2 aromatic carbocycles. The highest BCUT2D eigenvalue weighted by Gasteiger charge is 2.23. The summed E-state index contributed by atoms with van der Waals surface area (Å²) in [6.45, 7) is 2.20. The van der Waals surface area contributed by atoms with E-state index in [1.54, 1.807) is 29.2 Å². The van der Waals surface area contributed by atoms with Crippen molar-refractivity contribution < 1.29 is 17.9 Å². The molecule has 0 saturated heterocycles. The second-order valence-electron chi connectivity index (χ2n) is 5.85. The number of carbonyl (C=O) groups is 1. The molecule has 1 heterocycles. The van der Waals surface area contributed by atoms with Gasteiger partial charge in [-0.25, -0.2) is 8.42 Å². The van der Waals surface area contributed by atoms with Crippen molar-refractivity contribution in [3.05, 3.63) is 54.1 Å². The number of nitrogens with one attached hydrogen (secondary N) is 1. The van der Waals surface area contributed by atoms with Gasteiger partial charge in [-0.2, -0.15) is 0 Å². The Labute approximate surface area is 147 Å². The molecule has 1 N–H and O–H groups in total. The maximum absolute atomic E-state index is 12.2. The number of anilines is 2. The van der Waals surface area contributed by atoms with Gasteiger partial charge in [-0.3, -0.25) is 9.52 Å². The first-order chi connectivity index (χ1) is 11.9. The Morgan fingerprint density at radius 3 is 2.68 bits per heavy atom. The molecule has 0 aliphatic carbocycles. The van der Waals surface area contributed by atoms with Gasteiger partial charge in [0, 0.05) is 19.2 Å². The van der Waals surface area contributed by atoms with Crippen LogP contribution in [0.25, 0.3) is 0 Å². The highest BCUT2D eigenvalue weighted by atomic mass is 32.2. The summed E-state index contributed by atoms with van der Waals surface area (Å²) in [7, 11) is -3.54. The summed E-state index contributed by atoms with van der Waals surface area (Å²) in [4.78, 5) is 13.3. The third-order valence-corrected chi connectivity index (χ3v) is 5.25. The summed E-state index contributed by atoms with van der Waals surface area (Å²) in [6.07, 6.45) is 0.785. The fourth-order valence-electron chi connectivity index (χ4n) is 2.79. The van der Waals surface area contributed by atoms with Gasteiger partial charge in [0.2, 0.25) is 15.9 Å². The number of para-hydroxylation sites is 1. The monoisotopic (exact) mass is 360 g/mol. The number of fused-ring (bicyclic) bond motifs is 1. The SMILES string of the molecule is CC(=O)N1CCc2ccc(NS(=O)(=O)CCOc3ccccc3)cc21. The molecule has 132 valence electrons. The number of hydrogen-bond donors (Lipinski definition) is 1. The zero-order valence-corrected chi connectivity index (χ0v) is 14.8. The Morgan fingerprint density at radius 1 is 1.20 bits per heavy atom. The lowest BCUT2D eigenvalue weighted by Gasteiger charge is -2.16. The van der Waals surface area contributed by atoms with Gasteiger partial charge in [0.05, 0.1) is 5.69 Å². The van der Waals surface area contributed by atoms with E-state index in [-0.39, 0.29) is 18.3 Å². The van der Waals surface area contributed by atoms with Crippen LogP contribution in [-0.2, 0) is 21.2 Å². The zero-order chi connectivity index (χ0) is 17.9. The van der Waals surface area contributed by atoms with E-state index < -0.39 is 10.0 Å². The molecule has 0 spiro atoms. The van der Waals surface area contributed by atoms with Crippen LogP contribution >= 0.6 is 0 Å². The number of benzene rings is 2. The molecule has 25 heavy (non-hydrogen) atoms. The number of ether oxygens (including phenoxy) is 1. The second-order valence-corrected chi connectivity index (χ2v) is 7.69. The van der Waals surface area contributed by atoms with Crippen LogP contribution in [0, 0.1) is 0 Å². The number of sulfonamides is 1. The van der Waals surface area contributed by atoms with Gasteiger partial charge in [-0.05, 0) is 36.2 Å². The molecule has 0 fully saturated rings. The summed E-state index contributed by atoms with van der Waals surface area (Å²) in [5, 5.41) is 0. The van der Waals surface area contributed by atoms with Crippen LogP contribution in [0.3, 0.4) is 0 Å². The number of nitrogens with zero attached hydrogens (tertiary/aromatic N) is 1. The highest BCUT2D eigenvalue weighted by Crippen LogP contribution is 2.31. The quantitative estimate of drug-likeness (QED) is 0.858. The van der Waals surface area contributed by atoms with Crippen molar-refractivity contribution in [2.45, 2.75) is 13.3 Å². The molecule has 0 aromatic heterocycles. The van der Waals surface area contributed by atoms with Crippen molar-refractivity contribution in [3.63, 3.8) is 0 Å². The largest absolute Gasteiger partial charge is 0.492 e. The van der Waals surface area contributed by atoms with Crippen LogP contribution in [0.2, 0.25) is 0 Å². The molecule has 1 aliphatic heterocycles. The summed E-state index contributed by atoms with van der Waals surface area (Å²) in [5.41, 5.74) is 2.27. The first kappa shape index (κ1) is 17.3. The molecule has 0 atom stereocenters. The predicted octanol–water partition coefficient (Wildman–Crippen LogP) is 2.42. The highest BCUT2D eigenvalue weighted by molar-refractivity contribution is 7.92. The van der Waals surface area contributed by atoms with E-state index in [0.29, 0.717) is 18.0 Å². The van der Waals surface area contributed by atoms with Crippen LogP contribution in [-0.4, -0.2) is 33.2 Å². The van der Waals surface area contributed by atoms with Crippen molar-refractivity contribution in [2.24, 2.45) is 0 Å². The fraction of sp³-hybridized carbons (Fsp3) is 0.278. The standard InChI is InChI=1S/C18H20N2O4S/c1-14(21)20-10-9-15-7-8-16(13-18(15)20)19-25(22,23)12-11-24-17-5-3-2-4-6-17/h2-8,13,19H,9-12H2,1H3. The van der Waals surface area contributed by atoms with Gasteiger partial charge in [-0.15, -0.1) is 0 Å². The van der Waals surface area contributed by atoms with Crippen LogP contribution in [0.15, 0.2) is 48.5 Å². The minimum absolute atomic E-state index is 0.0463. The Hall–Kier alpha value is -2.54. The van der Waals surface area contributed by atoms with Gasteiger partial charge in [-0.1, -0.05) is 24.3 Å². The molecule has 1 aliphatic rings. The van der Waals surface area contributed by atoms with Gasteiger partial charge in [0.15, 0.2) is 0 Å². The predicted molar refractivity (Wildman–Crippen MR) is 97.5 cm³/mol. The number of carbonyl (C=O) groups excluding carboxylic acids is 1. The lowest BCUT2D eigenvalue weighted by Crippen LogP contribution is -2.26. The van der Waals surface area contributed by atoms with Crippen LogP contribution in [0.4, 0.5) is 11.4 Å². The summed E-state index contributed by atoms with van der Waals surface area (Å²) in [5.74, 6) is 0.428. The van der Waals surface area contributed by atoms with Crippen LogP contribution in [0.1, 0.15) is 12.5 Å². The van der Waals surface area contributed by atoms with Crippen LogP contribution < -0.4 is 14.4 Å². The first-order valence-corrected chi connectivity index (χ1v) is 9.69. The van der Waals surface area contributed by atoms with Gasteiger partial charge < -0.3 is 9.64 Å². The van der Waals surface area contributed by atoms with E-state index in [0.717, 1.165) is 17.7 Å². The van der Waals surface area contributed by atoms with Gasteiger partial charge >= 0.3 is 0 Å². The average molecular weight is 360 g/mol. The summed E-state index contributed by atoms with van der Waals surface area (Å²) < 4.78 is 32.4. The molecule has 0 saturated carbocycles. The molecule has 6 nitrogen and oxygen atoms in total. The van der Waals surface area contributed by atoms with E-state index in [9.17, 15) is 13.2 Å². The van der Waals surface area contributed by atoms with E-state index in [4.69, 9.17) is 4.74 Å². The lowest BCUT2D eigenvalue weighted by atomic mass is 10.1. The number of amides is 1. The van der Waals surface area contributed by atoms with Crippen molar-refractivity contribution in [3.8, 4) is 5.75 Å². The maximum atomic E-state index is 12.2. The van der Waals surface area contributed by atoms with Gasteiger partial charge in [0.1, 0.15) is 18.1 Å². The van der Waals surface area contributed by atoms with E-state index in [2.05, 4.69) is 4.72 Å². The van der Waals surface area contributed by atoms with Crippen molar-refractivity contribution >= 4 is 27.3 Å². The summed E-state index contributed by atoms with van der Waals surface area (Å²) in [6, 6.07) is 14.4. The Morgan fingerprint density at radius 2 is 1.96 bits per heavy atom. The maximum Gasteiger partial charge on any atom is 0.236 e. The minimum Gasteiger partial charge on any atom is -0.492 e. The smallest absolute Gasteiger partial charge is 0.236 e. The number of rotatable bonds is 6. The van der Waals surface area contributed by atoms with Crippen molar-refractivity contribution in [1.29, 1.82) is 0 Å². The minimum atomic E-state index is -3.54. The second kappa shape index (κ2) is 7.14. The molecular formula is C18H20N2O4S. The number of hydrogen-bond acceptors (Lipinski definition) is 4. The fourth-order valence-corrected chi connectivity index (χ4v) is 3.68. The average Bonchev–Trinajstić information content (AvgIpc) is 2.98. The van der Waals surface area contributed by atoms with Crippen LogP contribution in [0.5, 0.6) is 5.75 Å². The van der Waals surface area contributed by atoms with E-state index in [1.807, 2.05) is 24.3 Å². The van der Waals surface area contributed by atoms with E-state index in [1.165, 1.54) is 6.92 Å². The zero-order valence-electron chi connectivity index (χ0n) is 13.9. The molecule has 0 radical (unpaired) electrons. The Balaban J connectivity index is 1.63. The van der Waals surface area contributed by atoms with Gasteiger partial charge in [0.25, 0.3) is 0 Å². The van der Waals surface area contributed by atoms with Crippen molar-refractivity contribution in [2.75, 3.05) is 28.5 Å². The molecule has 0 bridgehead atoms. The lowest BCUT2D eigenvalue weighted by molar-refractivity contribution is -0.116. The molecule has 1 amide bonds. The molecule has 0 unspecified atom stereocenters. The first-order valence-electron chi connectivity index (χ1n) is 8.04. The molecular weight excluding hydrogens is 340 g/mol.